The third-order valence-electron chi connectivity index (χ3n) is 3.69. The first kappa shape index (κ1) is 16.5. The Bertz CT molecular complexity index is 831. The zero-order chi connectivity index (χ0) is 16.9. The van der Waals surface area contributed by atoms with Crippen LogP contribution in [0.5, 0.6) is 5.75 Å². The number of para-hydroxylation sites is 1. The van der Waals surface area contributed by atoms with E-state index in [9.17, 15) is 0 Å². The van der Waals surface area contributed by atoms with Gasteiger partial charge < -0.3 is 4.74 Å². The molecule has 0 amide bonds. The molecule has 1 heterocycles. The van der Waals surface area contributed by atoms with Crippen molar-refractivity contribution in [3.63, 3.8) is 0 Å². The van der Waals surface area contributed by atoms with Gasteiger partial charge in [-0.3, -0.25) is 0 Å². The highest BCUT2D eigenvalue weighted by Crippen LogP contribution is 2.22. The predicted molar refractivity (Wildman–Crippen MR) is 96.0 cm³/mol. The van der Waals surface area contributed by atoms with Crippen molar-refractivity contribution in [2.24, 2.45) is 0 Å². The van der Waals surface area contributed by atoms with E-state index < -0.39 is 0 Å². The van der Waals surface area contributed by atoms with Crippen molar-refractivity contribution >= 4 is 11.8 Å². The molecule has 0 unspecified atom stereocenters. The van der Waals surface area contributed by atoms with Crippen molar-refractivity contribution in [1.82, 2.24) is 20.2 Å². The van der Waals surface area contributed by atoms with E-state index in [4.69, 9.17) is 4.74 Å². The van der Waals surface area contributed by atoms with Crippen LogP contribution in [0.4, 0.5) is 0 Å². The molecule has 0 bridgehead atoms. The number of rotatable bonds is 6. The molecule has 0 saturated heterocycles. The molecule has 5 nitrogen and oxygen atoms in total. The molecular formula is C18H20N4OS. The standard InChI is InChI=1S/C18H20N4OS/c1-13-8-9-16(15(3)12-13)22-18(19-20-21-22)24-11-10-23-17-7-5-4-6-14(17)2/h4-9,12H,10-11H2,1-3H3. The van der Waals surface area contributed by atoms with Crippen LogP contribution >= 0.6 is 11.8 Å². The number of aromatic nitrogens is 4. The highest BCUT2D eigenvalue weighted by molar-refractivity contribution is 7.99. The number of hydrogen-bond acceptors (Lipinski definition) is 5. The topological polar surface area (TPSA) is 52.8 Å². The van der Waals surface area contributed by atoms with Gasteiger partial charge in [0, 0.05) is 5.75 Å². The molecule has 3 aromatic rings. The van der Waals surface area contributed by atoms with Crippen molar-refractivity contribution in [1.29, 1.82) is 0 Å². The maximum absolute atomic E-state index is 5.82. The van der Waals surface area contributed by atoms with Crippen LogP contribution in [0.15, 0.2) is 47.6 Å². The molecule has 24 heavy (non-hydrogen) atoms. The lowest BCUT2D eigenvalue weighted by atomic mass is 10.1. The van der Waals surface area contributed by atoms with Gasteiger partial charge in [0.2, 0.25) is 5.16 Å². The summed E-state index contributed by atoms with van der Waals surface area (Å²) < 4.78 is 7.61. The molecule has 0 fully saturated rings. The van der Waals surface area contributed by atoms with Gasteiger partial charge in [-0.25, -0.2) is 0 Å². The molecule has 0 aliphatic heterocycles. The molecule has 3 rings (SSSR count). The summed E-state index contributed by atoms with van der Waals surface area (Å²) in [5.41, 5.74) is 4.53. The summed E-state index contributed by atoms with van der Waals surface area (Å²) in [6.45, 7) is 6.80. The number of tetrazole rings is 1. The summed E-state index contributed by atoms with van der Waals surface area (Å²) in [6.07, 6.45) is 0. The number of benzene rings is 2. The van der Waals surface area contributed by atoms with Crippen LogP contribution < -0.4 is 4.74 Å². The fourth-order valence-corrected chi connectivity index (χ4v) is 3.17. The van der Waals surface area contributed by atoms with Crippen LogP contribution in [0.1, 0.15) is 16.7 Å². The SMILES string of the molecule is Cc1ccc(-n2nnnc2SCCOc2ccccc2C)c(C)c1. The Morgan fingerprint density at radius 3 is 2.67 bits per heavy atom. The number of nitrogens with zero attached hydrogens (tertiary/aromatic N) is 4. The minimum atomic E-state index is 0.606. The smallest absolute Gasteiger partial charge is 0.214 e. The lowest BCUT2D eigenvalue weighted by Crippen LogP contribution is -2.05. The summed E-state index contributed by atoms with van der Waals surface area (Å²) >= 11 is 1.59. The largest absolute Gasteiger partial charge is 0.492 e. The minimum Gasteiger partial charge on any atom is -0.492 e. The molecular weight excluding hydrogens is 320 g/mol. The predicted octanol–water partition coefficient (Wildman–Crippen LogP) is 3.76. The molecule has 2 aromatic carbocycles. The summed E-state index contributed by atoms with van der Waals surface area (Å²) in [7, 11) is 0. The van der Waals surface area contributed by atoms with Crippen LogP contribution in [-0.4, -0.2) is 32.6 Å². The first-order valence-corrected chi connectivity index (χ1v) is 8.81. The number of thioether (sulfide) groups is 1. The van der Waals surface area contributed by atoms with Gasteiger partial charge in [0.25, 0.3) is 0 Å². The second-order valence-electron chi connectivity index (χ2n) is 5.63. The molecule has 0 aliphatic carbocycles. The van der Waals surface area contributed by atoms with Gasteiger partial charge in [-0.1, -0.05) is 47.7 Å². The van der Waals surface area contributed by atoms with E-state index in [1.54, 1.807) is 16.4 Å². The van der Waals surface area contributed by atoms with Crippen LogP contribution in [-0.2, 0) is 0 Å². The van der Waals surface area contributed by atoms with E-state index in [2.05, 4.69) is 47.6 Å². The first-order valence-electron chi connectivity index (χ1n) is 7.82. The summed E-state index contributed by atoms with van der Waals surface area (Å²) in [5.74, 6) is 1.70. The van der Waals surface area contributed by atoms with Gasteiger partial charge in [-0.2, -0.15) is 4.68 Å². The maximum atomic E-state index is 5.82. The van der Waals surface area contributed by atoms with Crippen LogP contribution in [0.25, 0.3) is 5.69 Å². The Kier molecular flexibility index (Phi) is 5.15. The van der Waals surface area contributed by atoms with Gasteiger partial charge >= 0.3 is 0 Å². The van der Waals surface area contributed by atoms with Gasteiger partial charge in [0.1, 0.15) is 5.75 Å². The molecule has 124 valence electrons. The van der Waals surface area contributed by atoms with Crippen LogP contribution in [0.3, 0.4) is 0 Å². The monoisotopic (exact) mass is 340 g/mol. The molecule has 0 spiro atoms. The molecule has 1 aromatic heterocycles. The minimum absolute atomic E-state index is 0.606. The second-order valence-corrected chi connectivity index (χ2v) is 6.69. The average molecular weight is 340 g/mol. The Morgan fingerprint density at radius 2 is 1.88 bits per heavy atom. The maximum Gasteiger partial charge on any atom is 0.214 e. The highest BCUT2D eigenvalue weighted by atomic mass is 32.2. The van der Waals surface area contributed by atoms with E-state index in [0.29, 0.717) is 6.61 Å². The summed E-state index contributed by atoms with van der Waals surface area (Å²) in [5, 5.41) is 12.8. The van der Waals surface area contributed by atoms with E-state index >= 15 is 0 Å². The average Bonchev–Trinajstić information content (AvgIpc) is 3.01. The van der Waals surface area contributed by atoms with Gasteiger partial charge in [0.15, 0.2) is 0 Å². The van der Waals surface area contributed by atoms with Crippen LogP contribution in [0, 0.1) is 20.8 Å². The molecule has 0 atom stereocenters. The fourth-order valence-electron chi connectivity index (χ4n) is 2.47. The Labute approximate surface area is 146 Å². The Hall–Kier alpha value is -2.34. The van der Waals surface area contributed by atoms with E-state index in [0.717, 1.165) is 33.5 Å². The zero-order valence-corrected chi connectivity index (χ0v) is 14.9. The zero-order valence-electron chi connectivity index (χ0n) is 14.1. The van der Waals surface area contributed by atoms with Crippen LogP contribution in [0.2, 0.25) is 0 Å². The summed E-state index contributed by atoms with van der Waals surface area (Å²) in [6, 6.07) is 14.3. The number of hydrogen-bond donors (Lipinski definition) is 0. The second kappa shape index (κ2) is 7.49. The molecule has 0 N–H and O–H groups in total. The Balaban J connectivity index is 1.63. The lowest BCUT2D eigenvalue weighted by molar-refractivity contribution is 0.341. The molecule has 0 radical (unpaired) electrons. The quantitative estimate of drug-likeness (QED) is 0.505. The normalized spacial score (nSPS) is 10.8. The third kappa shape index (κ3) is 3.76. The first-order chi connectivity index (χ1) is 11.6. The fraction of sp³-hybridized carbons (Fsp3) is 0.278. The molecule has 6 heteroatoms. The van der Waals surface area contributed by atoms with E-state index in [1.165, 1.54) is 5.56 Å². The number of aryl methyl sites for hydroxylation is 3. The van der Waals surface area contributed by atoms with Crippen molar-refractivity contribution in [3.8, 4) is 11.4 Å². The van der Waals surface area contributed by atoms with E-state index in [-0.39, 0.29) is 0 Å². The van der Waals surface area contributed by atoms with Crippen molar-refractivity contribution in [3.05, 3.63) is 59.2 Å². The highest BCUT2D eigenvalue weighted by Gasteiger charge is 2.11. The van der Waals surface area contributed by atoms with Gasteiger partial charge in [0.05, 0.1) is 12.3 Å². The molecule has 0 aliphatic rings. The molecule has 0 saturated carbocycles. The van der Waals surface area contributed by atoms with Crippen molar-refractivity contribution < 1.29 is 4.74 Å². The van der Waals surface area contributed by atoms with E-state index in [1.807, 2.05) is 31.2 Å². The lowest BCUT2D eigenvalue weighted by Gasteiger charge is -2.10. The van der Waals surface area contributed by atoms with Gasteiger partial charge in [-0.05, 0) is 54.5 Å². The number of ether oxygens (including phenoxy) is 1. The van der Waals surface area contributed by atoms with Crippen molar-refractivity contribution in [2.45, 2.75) is 25.9 Å². The third-order valence-corrected chi connectivity index (χ3v) is 4.57. The Morgan fingerprint density at radius 1 is 1.04 bits per heavy atom. The van der Waals surface area contributed by atoms with Crippen molar-refractivity contribution in [2.75, 3.05) is 12.4 Å². The summed E-state index contributed by atoms with van der Waals surface area (Å²) in [4.78, 5) is 0. The van der Waals surface area contributed by atoms with Gasteiger partial charge in [-0.15, -0.1) is 5.10 Å².